The number of anilines is 1. The van der Waals surface area contributed by atoms with Gasteiger partial charge in [-0.3, -0.25) is 9.59 Å². The zero-order valence-electron chi connectivity index (χ0n) is 17.0. The molecule has 1 amide bonds. The summed E-state index contributed by atoms with van der Waals surface area (Å²) in [6.07, 6.45) is 4.20. The Bertz CT molecular complexity index is 878. The molecule has 1 spiro atoms. The minimum absolute atomic E-state index is 0.0548. The fourth-order valence-corrected chi connectivity index (χ4v) is 5.59. The molecule has 3 heterocycles. The number of aromatic hydroxyl groups is 1. The van der Waals surface area contributed by atoms with Gasteiger partial charge in [-0.25, -0.2) is 0 Å². The van der Waals surface area contributed by atoms with E-state index in [0.717, 1.165) is 37.1 Å². The van der Waals surface area contributed by atoms with Gasteiger partial charge in [0.25, 0.3) is 0 Å². The van der Waals surface area contributed by atoms with Gasteiger partial charge in [-0.05, 0) is 69.4 Å². The first-order valence-electron chi connectivity index (χ1n) is 9.96. The Kier molecular flexibility index (Phi) is 4.49. The molecule has 6 nitrogen and oxygen atoms in total. The van der Waals surface area contributed by atoms with Crippen LogP contribution >= 0.6 is 0 Å². The van der Waals surface area contributed by atoms with Crippen molar-refractivity contribution in [3.8, 4) is 11.5 Å². The first-order chi connectivity index (χ1) is 13.4. The number of allylic oxidation sites excluding steroid dienone is 2. The lowest BCUT2D eigenvalue weighted by atomic mass is 9.60. The number of rotatable bonds is 1. The van der Waals surface area contributed by atoms with E-state index in [9.17, 15) is 14.7 Å². The standard InChI is InChI=1S/C22H28N2O4/c1-5-15-14-8-10-23(3)11-9-22(21(15)27)16-6-7-17(28-4)20(26)19(16)24(13(2)25)18(22)12-14/h5-7,14,18,26H,8-12H2,1-4H3/b15-5-/t14-,18-,22-/m0/s1. The summed E-state index contributed by atoms with van der Waals surface area (Å²) in [4.78, 5) is 30.6. The minimum Gasteiger partial charge on any atom is -0.503 e. The van der Waals surface area contributed by atoms with Gasteiger partial charge in [0.1, 0.15) is 0 Å². The van der Waals surface area contributed by atoms with Crippen LogP contribution in [-0.2, 0) is 15.0 Å². The normalized spacial score (nSPS) is 31.2. The maximum atomic E-state index is 13.9. The van der Waals surface area contributed by atoms with Crippen LogP contribution in [0.25, 0.3) is 0 Å². The highest BCUT2D eigenvalue weighted by atomic mass is 16.5. The lowest BCUT2D eigenvalue weighted by Crippen LogP contribution is -2.56. The zero-order valence-corrected chi connectivity index (χ0v) is 17.0. The smallest absolute Gasteiger partial charge is 0.224 e. The van der Waals surface area contributed by atoms with Gasteiger partial charge in [-0.2, -0.15) is 0 Å². The Labute approximate surface area is 165 Å². The molecular weight excluding hydrogens is 356 g/mol. The monoisotopic (exact) mass is 384 g/mol. The van der Waals surface area contributed by atoms with E-state index in [1.165, 1.54) is 14.0 Å². The second kappa shape index (κ2) is 6.62. The largest absolute Gasteiger partial charge is 0.503 e. The van der Waals surface area contributed by atoms with E-state index in [1.54, 1.807) is 11.0 Å². The van der Waals surface area contributed by atoms with Gasteiger partial charge in [0.2, 0.25) is 5.91 Å². The molecule has 1 aromatic rings. The van der Waals surface area contributed by atoms with Crippen LogP contribution in [0.5, 0.6) is 11.5 Å². The van der Waals surface area contributed by atoms with Gasteiger partial charge in [0, 0.05) is 6.92 Å². The van der Waals surface area contributed by atoms with Crippen molar-refractivity contribution in [1.29, 1.82) is 0 Å². The predicted octanol–water partition coefficient (Wildman–Crippen LogP) is 2.63. The maximum absolute atomic E-state index is 13.9. The van der Waals surface area contributed by atoms with Crippen LogP contribution in [0, 0.1) is 5.92 Å². The van der Waals surface area contributed by atoms with E-state index in [4.69, 9.17) is 4.74 Å². The van der Waals surface area contributed by atoms with Crippen molar-refractivity contribution in [2.75, 3.05) is 32.1 Å². The van der Waals surface area contributed by atoms with Gasteiger partial charge >= 0.3 is 0 Å². The molecule has 1 aromatic carbocycles. The molecule has 2 saturated heterocycles. The molecule has 4 aliphatic rings. The quantitative estimate of drug-likeness (QED) is 0.754. The Morgan fingerprint density at radius 3 is 2.75 bits per heavy atom. The minimum atomic E-state index is -0.818. The summed E-state index contributed by atoms with van der Waals surface area (Å²) in [6, 6.07) is 3.30. The number of amides is 1. The first-order valence-corrected chi connectivity index (χ1v) is 9.96. The highest BCUT2D eigenvalue weighted by Crippen LogP contribution is 2.59. The Morgan fingerprint density at radius 1 is 1.36 bits per heavy atom. The van der Waals surface area contributed by atoms with Crippen LogP contribution < -0.4 is 9.64 Å². The molecule has 150 valence electrons. The molecule has 0 aromatic heterocycles. The van der Waals surface area contributed by atoms with Gasteiger partial charge in [0.05, 0.1) is 24.3 Å². The second-order valence-electron chi connectivity index (χ2n) is 8.24. The van der Waals surface area contributed by atoms with E-state index in [-0.39, 0.29) is 29.4 Å². The Hall–Kier alpha value is -2.34. The molecule has 6 heteroatoms. The van der Waals surface area contributed by atoms with E-state index in [1.807, 2.05) is 19.1 Å². The average molecular weight is 384 g/mol. The van der Waals surface area contributed by atoms with Crippen LogP contribution in [-0.4, -0.2) is 55.0 Å². The summed E-state index contributed by atoms with van der Waals surface area (Å²) in [5.74, 6) is 0.344. The number of phenols is 1. The molecule has 3 fully saturated rings. The van der Waals surface area contributed by atoms with E-state index < -0.39 is 5.41 Å². The molecule has 1 saturated carbocycles. The molecule has 2 bridgehead atoms. The number of hydrogen-bond donors (Lipinski definition) is 1. The fourth-order valence-electron chi connectivity index (χ4n) is 5.59. The lowest BCUT2D eigenvalue weighted by Gasteiger charge is -2.44. The number of fused-ring (bicyclic) bond motifs is 6. The Morgan fingerprint density at radius 2 is 2.11 bits per heavy atom. The topological polar surface area (TPSA) is 70.1 Å². The molecule has 5 rings (SSSR count). The van der Waals surface area contributed by atoms with Crippen molar-refractivity contribution < 1.29 is 19.4 Å². The van der Waals surface area contributed by atoms with E-state index in [2.05, 4.69) is 11.9 Å². The SMILES string of the molecule is C/C=C1\C(=O)[C@]23CCN(C)CC[C@H]1C[C@@H]2N(C(C)=O)c1c3ccc(OC)c1O. The first kappa shape index (κ1) is 19.0. The molecule has 3 atom stereocenters. The summed E-state index contributed by atoms with van der Waals surface area (Å²) in [5, 5.41) is 10.9. The van der Waals surface area contributed by atoms with Crippen molar-refractivity contribution in [2.45, 2.75) is 44.6 Å². The second-order valence-corrected chi connectivity index (χ2v) is 8.24. The van der Waals surface area contributed by atoms with Gasteiger partial charge < -0.3 is 19.6 Å². The van der Waals surface area contributed by atoms with Crippen LogP contribution in [0.3, 0.4) is 0 Å². The lowest BCUT2D eigenvalue weighted by molar-refractivity contribution is -0.124. The third-order valence-corrected chi connectivity index (χ3v) is 6.95. The van der Waals surface area contributed by atoms with Crippen LogP contribution in [0.2, 0.25) is 0 Å². The number of ether oxygens (including phenoxy) is 1. The van der Waals surface area contributed by atoms with Gasteiger partial charge in [-0.15, -0.1) is 0 Å². The van der Waals surface area contributed by atoms with Crippen molar-refractivity contribution >= 4 is 17.4 Å². The molecule has 28 heavy (non-hydrogen) atoms. The highest BCUT2D eigenvalue weighted by Gasteiger charge is 2.61. The molecule has 0 unspecified atom stereocenters. The van der Waals surface area contributed by atoms with E-state index in [0.29, 0.717) is 17.9 Å². The number of methoxy groups -OCH3 is 1. The summed E-state index contributed by atoms with van der Waals surface area (Å²) < 4.78 is 5.29. The molecule has 0 radical (unpaired) electrons. The van der Waals surface area contributed by atoms with Crippen molar-refractivity contribution in [1.82, 2.24) is 4.90 Å². The third-order valence-electron chi connectivity index (χ3n) is 6.95. The molecule has 3 aliphatic heterocycles. The number of carbonyl (C=O) groups is 2. The van der Waals surface area contributed by atoms with Crippen molar-refractivity contribution in [3.05, 3.63) is 29.3 Å². The predicted molar refractivity (Wildman–Crippen MR) is 107 cm³/mol. The fraction of sp³-hybridized carbons (Fsp3) is 0.545. The highest BCUT2D eigenvalue weighted by molar-refractivity contribution is 6.12. The number of nitrogens with zero attached hydrogens (tertiary/aromatic N) is 2. The summed E-state index contributed by atoms with van der Waals surface area (Å²) in [7, 11) is 3.57. The third kappa shape index (κ3) is 2.37. The molecular formula is C22H28N2O4. The van der Waals surface area contributed by atoms with Gasteiger partial charge in [0.15, 0.2) is 17.3 Å². The van der Waals surface area contributed by atoms with Crippen LogP contribution in [0.4, 0.5) is 5.69 Å². The number of benzene rings is 1. The van der Waals surface area contributed by atoms with Crippen LogP contribution in [0.15, 0.2) is 23.8 Å². The molecule has 1 aliphatic carbocycles. The number of carbonyl (C=O) groups excluding carboxylic acids is 2. The summed E-state index contributed by atoms with van der Waals surface area (Å²) >= 11 is 0. The van der Waals surface area contributed by atoms with Gasteiger partial charge in [-0.1, -0.05) is 12.1 Å². The number of Topliss-reactive ketones (excluding diaryl/α,β-unsaturated/α-hetero) is 1. The van der Waals surface area contributed by atoms with Crippen LogP contribution in [0.1, 0.15) is 38.7 Å². The number of ketones is 1. The Balaban J connectivity index is 2.02. The number of hydrogen-bond acceptors (Lipinski definition) is 5. The van der Waals surface area contributed by atoms with Crippen molar-refractivity contribution in [2.24, 2.45) is 5.92 Å². The summed E-state index contributed by atoms with van der Waals surface area (Å²) in [6.45, 7) is 5.14. The van der Waals surface area contributed by atoms with E-state index >= 15 is 0 Å². The molecule has 1 N–H and O–H groups in total. The van der Waals surface area contributed by atoms with Crippen molar-refractivity contribution in [3.63, 3.8) is 0 Å². The summed E-state index contributed by atoms with van der Waals surface area (Å²) in [5.41, 5.74) is 1.26. The maximum Gasteiger partial charge on any atom is 0.224 e. The zero-order chi connectivity index (χ0) is 20.2. The number of phenolic OH excluding ortho intramolecular Hbond substituents is 1. The average Bonchev–Trinajstić information content (AvgIpc) is 3.00.